The summed E-state index contributed by atoms with van der Waals surface area (Å²) in [5.74, 6) is 0. The SMILES string of the molecule is CN1CCc2c(ccc3c(C(C)(C)C)coc23)C1. The van der Waals surface area contributed by atoms with Gasteiger partial charge in [-0.25, -0.2) is 0 Å². The fourth-order valence-electron chi connectivity index (χ4n) is 2.87. The van der Waals surface area contributed by atoms with Crippen LogP contribution in [0.15, 0.2) is 22.8 Å². The molecule has 0 unspecified atom stereocenters. The molecule has 2 heterocycles. The van der Waals surface area contributed by atoms with Crippen LogP contribution >= 0.6 is 0 Å². The van der Waals surface area contributed by atoms with Crippen molar-refractivity contribution in [2.45, 2.75) is 39.2 Å². The maximum atomic E-state index is 5.89. The molecule has 1 aromatic carbocycles. The first-order chi connectivity index (χ1) is 8.47. The summed E-state index contributed by atoms with van der Waals surface area (Å²) >= 11 is 0. The van der Waals surface area contributed by atoms with Gasteiger partial charge in [0.1, 0.15) is 5.58 Å². The first-order valence-corrected chi connectivity index (χ1v) is 6.68. The summed E-state index contributed by atoms with van der Waals surface area (Å²) in [4.78, 5) is 2.36. The Labute approximate surface area is 109 Å². The molecule has 0 saturated heterocycles. The molecule has 0 spiro atoms. The van der Waals surface area contributed by atoms with Crippen molar-refractivity contribution in [2.75, 3.05) is 13.6 Å². The number of fused-ring (bicyclic) bond motifs is 3. The first kappa shape index (κ1) is 11.8. The van der Waals surface area contributed by atoms with Crippen molar-refractivity contribution in [3.63, 3.8) is 0 Å². The van der Waals surface area contributed by atoms with Crippen LogP contribution < -0.4 is 0 Å². The number of rotatable bonds is 0. The van der Waals surface area contributed by atoms with Crippen LogP contribution in [0.3, 0.4) is 0 Å². The quantitative estimate of drug-likeness (QED) is 0.701. The van der Waals surface area contributed by atoms with Crippen LogP contribution in [0.4, 0.5) is 0 Å². The average molecular weight is 243 g/mol. The zero-order valence-corrected chi connectivity index (χ0v) is 11.7. The van der Waals surface area contributed by atoms with Crippen LogP contribution in [-0.4, -0.2) is 18.5 Å². The van der Waals surface area contributed by atoms with E-state index in [1.54, 1.807) is 0 Å². The van der Waals surface area contributed by atoms with Gasteiger partial charge in [0.25, 0.3) is 0 Å². The fourth-order valence-corrected chi connectivity index (χ4v) is 2.87. The van der Waals surface area contributed by atoms with E-state index in [9.17, 15) is 0 Å². The molecule has 18 heavy (non-hydrogen) atoms. The van der Waals surface area contributed by atoms with Crippen LogP contribution in [-0.2, 0) is 18.4 Å². The largest absolute Gasteiger partial charge is 0.464 e. The third kappa shape index (κ3) is 1.76. The zero-order valence-electron chi connectivity index (χ0n) is 11.7. The van der Waals surface area contributed by atoms with E-state index in [4.69, 9.17) is 4.42 Å². The highest BCUT2D eigenvalue weighted by Gasteiger charge is 2.23. The van der Waals surface area contributed by atoms with Gasteiger partial charge >= 0.3 is 0 Å². The molecule has 0 fully saturated rings. The van der Waals surface area contributed by atoms with Crippen molar-refractivity contribution < 1.29 is 4.42 Å². The minimum absolute atomic E-state index is 0.144. The molecule has 96 valence electrons. The van der Waals surface area contributed by atoms with Gasteiger partial charge in [-0.05, 0) is 24.4 Å². The predicted octanol–water partition coefficient (Wildman–Crippen LogP) is 3.72. The lowest BCUT2D eigenvalue weighted by Gasteiger charge is -2.25. The molecule has 0 saturated carbocycles. The molecular formula is C16H21NO. The van der Waals surface area contributed by atoms with Crippen LogP contribution in [0.2, 0.25) is 0 Å². The van der Waals surface area contributed by atoms with Gasteiger partial charge in [0.05, 0.1) is 6.26 Å². The third-order valence-corrected chi connectivity index (χ3v) is 3.93. The molecule has 2 nitrogen and oxygen atoms in total. The van der Waals surface area contributed by atoms with Crippen molar-refractivity contribution in [1.82, 2.24) is 4.90 Å². The molecule has 2 aromatic rings. The summed E-state index contributed by atoms with van der Waals surface area (Å²) in [6, 6.07) is 4.51. The Bertz CT molecular complexity index is 589. The van der Waals surface area contributed by atoms with Crippen molar-refractivity contribution >= 4 is 11.0 Å². The Morgan fingerprint density at radius 2 is 2.00 bits per heavy atom. The normalized spacial score (nSPS) is 17.1. The Hall–Kier alpha value is -1.28. The average Bonchev–Trinajstić information content (AvgIpc) is 2.71. The summed E-state index contributed by atoms with van der Waals surface area (Å²) in [5, 5.41) is 1.30. The summed E-state index contributed by atoms with van der Waals surface area (Å²) < 4.78 is 5.89. The number of likely N-dealkylation sites (N-methyl/N-ethyl adjacent to an activating group) is 1. The highest BCUT2D eigenvalue weighted by Crippen LogP contribution is 2.35. The molecule has 0 bridgehead atoms. The molecular weight excluding hydrogens is 222 g/mol. The maximum absolute atomic E-state index is 5.89. The van der Waals surface area contributed by atoms with Gasteiger partial charge in [-0.15, -0.1) is 0 Å². The lowest BCUT2D eigenvalue weighted by Crippen LogP contribution is -2.26. The lowest BCUT2D eigenvalue weighted by molar-refractivity contribution is 0.313. The van der Waals surface area contributed by atoms with Crippen LogP contribution in [0.5, 0.6) is 0 Å². The zero-order chi connectivity index (χ0) is 12.9. The fraction of sp³-hybridized carbons (Fsp3) is 0.500. The second-order valence-electron chi connectivity index (χ2n) is 6.47. The standard InChI is InChI=1S/C16H21NO/c1-16(2,3)14-10-18-15-12-7-8-17(4)9-11(12)5-6-13(14)15/h5-6,10H,7-9H2,1-4H3. The van der Waals surface area contributed by atoms with E-state index in [-0.39, 0.29) is 5.41 Å². The molecule has 2 heteroatoms. The summed E-state index contributed by atoms with van der Waals surface area (Å²) in [6.45, 7) is 8.88. The van der Waals surface area contributed by atoms with Gasteiger partial charge < -0.3 is 9.32 Å². The van der Waals surface area contributed by atoms with Crippen LogP contribution in [0, 0.1) is 0 Å². The summed E-state index contributed by atoms with van der Waals surface area (Å²) in [6.07, 6.45) is 3.05. The molecule has 1 aliphatic rings. The van der Waals surface area contributed by atoms with Gasteiger partial charge in [-0.2, -0.15) is 0 Å². The number of benzene rings is 1. The van der Waals surface area contributed by atoms with E-state index in [0.29, 0.717) is 0 Å². The molecule has 0 aliphatic carbocycles. The molecule has 0 N–H and O–H groups in total. The van der Waals surface area contributed by atoms with Crippen molar-refractivity contribution in [3.8, 4) is 0 Å². The van der Waals surface area contributed by atoms with Crippen molar-refractivity contribution in [3.05, 3.63) is 35.1 Å². The topological polar surface area (TPSA) is 16.4 Å². The lowest BCUT2D eigenvalue weighted by atomic mass is 9.85. The number of hydrogen-bond acceptors (Lipinski definition) is 2. The smallest absolute Gasteiger partial charge is 0.137 e. The minimum Gasteiger partial charge on any atom is -0.464 e. The van der Waals surface area contributed by atoms with Gasteiger partial charge in [0.2, 0.25) is 0 Å². The predicted molar refractivity (Wildman–Crippen MR) is 75.0 cm³/mol. The summed E-state index contributed by atoms with van der Waals surface area (Å²) in [5.41, 5.74) is 5.42. The highest BCUT2D eigenvalue weighted by molar-refractivity contribution is 5.86. The molecule has 0 atom stereocenters. The second kappa shape index (κ2) is 3.86. The van der Waals surface area contributed by atoms with E-state index in [1.807, 2.05) is 6.26 Å². The monoisotopic (exact) mass is 243 g/mol. The molecule has 0 radical (unpaired) electrons. The molecule has 1 aliphatic heterocycles. The van der Waals surface area contributed by atoms with Gasteiger partial charge in [-0.1, -0.05) is 32.9 Å². The number of hydrogen-bond donors (Lipinski definition) is 0. The maximum Gasteiger partial charge on any atom is 0.137 e. The van der Waals surface area contributed by atoms with Gasteiger partial charge in [-0.3, -0.25) is 0 Å². The Morgan fingerprint density at radius 1 is 1.22 bits per heavy atom. The highest BCUT2D eigenvalue weighted by atomic mass is 16.3. The Balaban J connectivity index is 2.20. The van der Waals surface area contributed by atoms with Gasteiger partial charge in [0, 0.05) is 29.6 Å². The minimum atomic E-state index is 0.144. The number of furan rings is 1. The van der Waals surface area contributed by atoms with Crippen molar-refractivity contribution in [2.24, 2.45) is 0 Å². The van der Waals surface area contributed by atoms with Crippen LogP contribution in [0.1, 0.15) is 37.5 Å². The Morgan fingerprint density at radius 3 is 2.72 bits per heavy atom. The van der Waals surface area contributed by atoms with Crippen LogP contribution in [0.25, 0.3) is 11.0 Å². The molecule has 3 rings (SSSR count). The Kier molecular flexibility index (Phi) is 2.53. The third-order valence-electron chi connectivity index (χ3n) is 3.93. The molecule has 1 aromatic heterocycles. The number of nitrogens with zero attached hydrogens (tertiary/aromatic N) is 1. The first-order valence-electron chi connectivity index (χ1n) is 6.68. The van der Waals surface area contributed by atoms with E-state index in [2.05, 4.69) is 44.9 Å². The van der Waals surface area contributed by atoms with E-state index in [1.165, 1.54) is 22.1 Å². The summed E-state index contributed by atoms with van der Waals surface area (Å²) in [7, 11) is 2.18. The van der Waals surface area contributed by atoms with E-state index >= 15 is 0 Å². The van der Waals surface area contributed by atoms with E-state index in [0.717, 1.165) is 25.1 Å². The second-order valence-corrected chi connectivity index (χ2v) is 6.47. The van der Waals surface area contributed by atoms with E-state index < -0.39 is 0 Å². The van der Waals surface area contributed by atoms with Gasteiger partial charge in [0.15, 0.2) is 0 Å². The molecule has 0 amide bonds. The van der Waals surface area contributed by atoms with Crippen molar-refractivity contribution in [1.29, 1.82) is 0 Å².